The van der Waals surface area contributed by atoms with Crippen molar-refractivity contribution in [1.29, 1.82) is 0 Å². The third kappa shape index (κ3) is 6.14. The molecular weight excluding hydrogens is 486 g/mol. The van der Waals surface area contributed by atoms with E-state index in [1.807, 2.05) is 35.4 Å². The topological polar surface area (TPSA) is 121 Å². The second-order valence-corrected chi connectivity index (χ2v) is 8.43. The zero-order valence-corrected chi connectivity index (χ0v) is 21.0. The van der Waals surface area contributed by atoms with Crippen LogP contribution in [0.4, 0.5) is 5.82 Å². The molecule has 0 radical (unpaired) electrons. The number of nitrogens with one attached hydrogen (secondary N) is 1. The third-order valence-corrected chi connectivity index (χ3v) is 5.95. The Balaban J connectivity index is 0.00000342. The van der Waals surface area contributed by atoms with Crippen molar-refractivity contribution in [3.63, 3.8) is 0 Å². The first kappa shape index (κ1) is 26.1. The van der Waals surface area contributed by atoms with Crippen molar-refractivity contribution in [1.82, 2.24) is 30.6 Å². The highest BCUT2D eigenvalue weighted by atomic mass is 35.5. The molecule has 4 aromatic rings. The van der Waals surface area contributed by atoms with Gasteiger partial charge in [0.05, 0.1) is 0 Å². The van der Waals surface area contributed by atoms with Crippen LogP contribution in [-0.4, -0.2) is 54.5 Å². The summed E-state index contributed by atoms with van der Waals surface area (Å²) in [6, 6.07) is 16.1. The van der Waals surface area contributed by atoms with Crippen LogP contribution in [0.15, 0.2) is 59.9 Å². The highest BCUT2D eigenvalue weighted by molar-refractivity contribution is 7.98. The predicted octanol–water partition coefficient (Wildman–Crippen LogP) is 4.97. The van der Waals surface area contributed by atoms with Crippen LogP contribution in [0.3, 0.4) is 0 Å². The number of hydrogen-bond acceptors (Lipinski definition) is 8. The molecule has 2 heterocycles. The van der Waals surface area contributed by atoms with Crippen molar-refractivity contribution < 1.29 is 9.90 Å². The lowest BCUT2D eigenvalue weighted by atomic mass is 9.98. The molecule has 0 unspecified atom stereocenters. The largest absolute Gasteiger partial charge is 0.477 e. The minimum atomic E-state index is -1.03. The fraction of sp³-hybridized carbons (Fsp3) is 0.250. The number of thioether (sulfide) groups is 1. The van der Waals surface area contributed by atoms with E-state index >= 15 is 0 Å². The van der Waals surface area contributed by atoms with E-state index in [0.29, 0.717) is 29.9 Å². The number of halogens is 1. The number of anilines is 1. The van der Waals surface area contributed by atoms with Gasteiger partial charge < -0.3 is 10.0 Å². The number of hydrogen-bond donors (Lipinski definition) is 2. The number of unbranched alkanes of at least 4 members (excludes halogenated alkanes) is 1. The Labute approximate surface area is 213 Å². The van der Waals surface area contributed by atoms with Crippen molar-refractivity contribution in [2.45, 2.75) is 31.5 Å². The summed E-state index contributed by atoms with van der Waals surface area (Å²) in [5.41, 5.74) is 4.09. The van der Waals surface area contributed by atoms with Crippen molar-refractivity contribution in [2.75, 3.05) is 17.7 Å². The maximum absolute atomic E-state index is 11.9. The monoisotopic (exact) mass is 511 g/mol. The molecule has 0 saturated heterocycles. The molecule has 9 nitrogen and oxygen atoms in total. The summed E-state index contributed by atoms with van der Waals surface area (Å²) >= 11 is 1.39. The van der Waals surface area contributed by atoms with E-state index in [1.165, 1.54) is 18.0 Å². The van der Waals surface area contributed by atoms with Gasteiger partial charge in [0.2, 0.25) is 5.82 Å². The molecule has 4 rings (SSSR count). The molecule has 35 heavy (non-hydrogen) atoms. The molecule has 0 aliphatic heterocycles. The number of aromatic amines is 1. The highest BCUT2D eigenvalue weighted by Gasteiger charge is 2.20. The van der Waals surface area contributed by atoms with Gasteiger partial charge in [-0.1, -0.05) is 73.6 Å². The summed E-state index contributed by atoms with van der Waals surface area (Å²) in [5, 5.41) is 24.7. The SMILES string of the molecule is CCCCN(Cc1ccc(-c2ccccc2-c2nn[nH]n2)cc1)c1nc(SC)ncc1C(=O)O.Cl. The zero-order valence-electron chi connectivity index (χ0n) is 19.4. The number of aromatic carboxylic acids is 1. The number of carboxylic acid groups (broad SMARTS) is 1. The van der Waals surface area contributed by atoms with E-state index in [2.05, 4.69) is 61.8 Å². The smallest absolute Gasteiger partial charge is 0.341 e. The lowest BCUT2D eigenvalue weighted by Crippen LogP contribution is -2.27. The Morgan fingerprint density at radius 3 is 2.49 bits per heavy atom. The predicted molar refractivity (Wildman–Crippen MR) is 139 cm³/mol. The standard InChI is InChI=1S/C24H25N7O2S.ClH/c1-3-4-13-31(22-20(23(32)33)14-25-24(26-22)34-2)15-16-9-11-17(12-10-16)18-7-5-6-8-19(18)21-27-29-30-28-21;/h5-12,14H,3-4,13,15H2,1-2H3,(H,32,33)(H,27,28,29,30);1H. The fourth-order valence-corrected chi connectivity index (χ4v) is 4.01. The average molecular weight is 512 g/mol. The van der Waals surface area contributed by atoms with Gasteiger partial charge in [-0.25, -0.2) is 14.8 Å². The summed E-state index contributed by atoms with van der Waals surface area (Å²) in [4.78, 5) is 22.6. The molecule has 11 heteroatoms. The molecular formula is C24H26ClN7O2S. The molecule has 182 valence electrons. The molecule has 0 bridgehead atoms. The quantitative estimate of drug-likeness (QED) is 0.224. The van der Waals surface area contributed by atoms with E-state index in [4.69, 9.17) is 0 Å². The maximum atomic E-state index is 11.9. The first-order valence-corrected chi connectivity index (χ1v) is 12.1. The number of nitrogens with zero attached hydrogens (tertiary/aromatic N) is 6. The normalized spacial score (nSPS) is 10.6. The highest BCUT2D eigenvalue weighted by Crippen LogP contribution is 2.30. The molecule has 2 aromatic heterocycles. The van der Waals surface area contributed by atoms with Gasteiger partial charge in [-0.3, -0.25) is 0 Å². The van der Waals surface area contributed by atoms with Crippen LogP contribution in [0, 0.1) is 0 Å². The Morgan fingerprint density at radius 1 is 1.11 bits per heavy atom. The van der Waals surface area contributed by atoms with Crippen LogP contribution in [-0.2, 0) is 6.54 Å². The van der Waals surface area contributed by atoms with Crippen molar-refractivity contribution in [3.05, 3.63) is 65.9 Å². The lowest BCUT2D eigenvalue weighted by Gasteiger charge is -2.25. The van der Waals surface area contributed by atoms with Crippen LogP contribution in [0.1, 0.15) is 35.7 Å². The van der Waals surface area contributed by atoms with E-state index in [1.54, 1.807) is 0 Å². The van der Waals surface area contributed by atoms with Crippen LogP contribution in [0.2, 0.25) is 0 Å². The van der Waals surface area contributed by atoms with Crippen LogP contribution in [0.5, 0.6) is 0 Å². The molecule has 0 fully saturated rings. The molecule has 0 atom stereocenters. The van der Waals surface area contributed by atoms with E-state index in [0.717, 1.165) is 35.1 Å². The van der Waals surface area contributed by atoms with Crippen molar-refractivity contribution >= 4 is 36.0 Å². The van der Waals surface area contributed by atoms with Crippen LogP contribution in [0.25, 0.3) is 22.5 Å². The summed E-state index contributed by atoms with van der Waals surface area (Å²) in [5.74, 6) is -0.0376. The van der Waals surface area contributed by atoms with Gasteiger partial charge in [-0.2, -0.15) is 5.21 Å². The van der Waals surface area contributed by atoms with Gasteiger partial charge in [0, 0.05) is 24.8 Å². The van der Waals surface area contributed by atoms with Crippen molar-refractivity contribution in [3.8, 4) is 22.5 Å². The lowest BCUT2D eigenvalue weighted by molar-refractivity contribution is 0.0696. The first-order valence-electron chi connectivity index (χ1n) is 10.9. The Morgan fingerprint density at radius 2 is 1.86 bits per heavy atom. The second-order valence-electron chi connectivity index (χ2n) is 7.65. The molecule has 2 N–H and O–H groups in total. The van der Waals surface area contributed by atoms with Crippen molar-refractivity contribution in [2.24, 2.45) is 0 Å². The average Bonchev–Trinajstić information content (AvgIpc) is 3.41. The number of carboxylic acids is 1. The minimum absolute atomic E-state index is 0. The number of benzene rings is 2. The number of rotatable bonds is 10. The fourth-order valence-electron chi connectivity index (χ4n) is 3.67. The zero-order chi connectivity index (χ0) is 23.9. The van der Waals surface area contributed by atoms with Crippen LogP contribution < -0.4 is 4.90 Å². The summed E-state index contributed by atoms with van der Waals surface area (Å²) < 4.78 is 0. The summed E-state index contributed by atoms with van der Waals surface area (Å²) in [7, 11) is 0. The van der Waals surface area contributed by atoms with E-state index < -0.39 is 5.97 Å². The summed E-state index contributed by atoms with van der Waals surface area (Å²) in [6.45, 7) is 3.35. The van der Waals surface area contributed by atoms with Gasteiger partial charge >= 0.3 is 5.97 Å². The van der Waals surface area contributed by atoms with Gasteiger partial charge in [-0.05, 0) is 34.6 Å². The van der Waals surface area contributed by atoms with E-state index in [-0.39, 0.29) is 18.0 Å². The Hall–Kier alpha value is -3.50. The molecule has 2 aromatic carbocycles. The van der Waals surface area contributed by atoms with Crippen LogP contribution >= 0.6 is 24.2 Å². The van der Waals surface area contributed by atoms with Gasteiger partial charge in [-0.15, -0.1) is 22.6 Å². The third-order valence-electron chi connectivity index (χ3n) is 5.39. The molecule has 0 aliphatic rings. The van der Waals surface area contributed by atoms with E-state index in [9.17, 15) is 9.90 Å². The Kier molecular flexibility index (Phi) is 9.16. The second kappa shape index (κ2) is 12.3. The first-order chi connectivity index (χ1) is 16.6. The number of carbonyl (C=O) groups is 1. The number of H-pyrrole nitrogens is 1. The van der Waals surface area contributed by atoms with Gasteiger partial charge in [0.25, 0.3) is 0 Å². The molecule has 0 saturated carbocycles. The summed E-state index contributed by atoms with van der Waals surface area (Å²) in [6.07, 6.45) is 5.19. The molecule has 0 amide bonds. The number of aromatic nitrogens is 6. The van der Waals surface area contributed by atoms with Gasteiger partial charge in [0.15, 0.2) is 5.16 Å². The Bertz CT molecular complexity index is 1250. The molecule has 0 aliphatic carbocycles. The maximum Gasteiger partial charge on any atom is 0.341 e. The number of tetrazole rings is 1. The molecule has 0 spiro atoms. The van der Waals surface area contributed by atoms with Gasteiger partial charge in [0.1, 0.15) is 11.4 Å². The minimum Gasteiger partial charge on any atom is -0.477 e.